The van der Waals surface area contributed by atoms with Gasteiger partial charge in [0.1, 0.15) is 29.3 Å². The van der Waals surface area contributed by atoms with Crippen LogP contribution in [0.5, 0.6) is 11.5 Å². The third kappa shape index (κ3) is 5.59. The Morgan fingerprint density at radius 2 is 1.59 bits per heavy atom. The van der Waals surface area contributed by atoms with Gasteiger partial charge in [0.15, 0.2) is 17.4 Å². The first-order valence-corrected chi connectivity index (χ1v) is 14.8. The monoisotopic (exact) mass is 618 g/mol. The fraction of sp³-hybridized carbons (Fsp3) is 0.267. The molecule has 0 bridgehead atoms. The lowest BCUT2D eigenvalue weighted by molar-refractivity contribution is -0.0926. The highest BCUT2D eigenvalue weighted by molar-refractivity contribution is 7.32. The molecule has 0 spiro atoms. The molecular formula is C30H29N5O8P+. The third-order valence-corrected chi connectivity index (χ3v) is 8.03. The molecule has 0 amide bonds. The van der Waals surface area contributed by atoms with Crippen LogP contribution >= 0.6 is 8.25 Å². The Morgan fingerprint density at radius 1 is 0.977 bits per heavy atom. The van der Waals surface area contributed by atoms with Gasteiger partial charge in [0, 0.05) is 11.0 Å². The summed E-state index contributed by atoms with van der Waals surface area (Å²) >= 11 is 0. The van der Waals surface area contributed by atoms with E-state index in [1.165, 1.54) is 11.0 Å². The summed E-state index contributed by atoms with van der Waals surface area (Å²) in [5, 5.41) is 8.01. The molecule has 1 unspecified atom stereocenters. The lowest BCUT2D eigenvalue weighted by atomic mass is 9.80. The highest BCUT2D eigenvalue weighted by Crippen LogP contribution is 2.43. The number of fused-ring (bicyclic) bond motifs is 1. The van der Waals surface area contributed by atoms with Crippen LogP contribution in [0.25, 0.3) is 11.2 Å². The maximum atomic E-state index is 12.2. The van der Waals surface area contributed by atoms with Crippen LogP contribution in [0.4, 0.5) is 0 Å². The van der Waals surface area contributed by atoms with Gasteiger partial charge >= 0.3 is 8.25 Å². The first-order valence-electron chi connectivity index (χ1n) is 13.7. The van der Waals surface area contributed by atoms with Crippen LogP contribution in [0.2, 0.25) is 0 Å². The molecule has 1 aliphatic rings. The zero-order valence-electron chi connectivity index (χ0n) is 23.8. The maximum Gasteiger partial charge on any atom is 0.695 e. The van der Waals surface area contributed by atoms with Crippen LogP contribution in [0.15, 0.2) is 90.0 Å². The molecule has 4 atom stereocenters. The molecule has 226 valence electrons. The highest BCUT2D eigenvalue weighted by atomic mass is 31.1. The van der Waals surface area contributed by atoms with Crippen LogP contribution in [-0.4, -0.2) is 62.9 Å². The van der Waals surface area contributed by atoms with Crippen molar-refractivity contribution in [2.75, 3.05) is 20.8 Å². The van der Waals surface area contributed by atoms with Gasteiger partial charge in [-0.1, -0.05) is 59.8 Å². The standard InChI is InChI=1S/C30H28N5O8P/c1-39-22-12-8-20(9-13-22)30(19-6-4-3-5-7-19,21-10-14-23(40-2)15-11-21)41-17-25-24(43-44(37)38)16-26(42-25)35-28-27(33-34-35)29(36)32-18-31-28/h3-15,18,24-26H,16-17H2,1-2H3,(H-,31,32,34,36,37,38)/p+1/t24-,25+,26+/m0/s1. The van der Waals surface area contributed by atoms with E-state index in [0.29, 0.717) is 11.5 Å². The third-order valence-electron chi connectivity index (χ3n) is 7.58. The van der Waals surface area contributed by atoms with Gasteiger partial charge in [-0.2, -0.15) is 4.68 Å². The largest absolute Gasteiger partial charge is 0.695 e. The van der Waals surface area contributed by atoms with Crippen molar-refractivity contribution in [2.24, 2.45) is 0 Å². The normalized spacial score (nSPS) is 18.8. The van der Waals surface area contributed by atoms with Gasteiger partial charge in [-0.3, -0.25) is 4.79 Å². The first kappa shape index (κ1) is 29.5. The van der Waals surface area contributed by atoms with Gasteiger partial charge in [-0.25, -0.2) is 4.98 Å². The molecule has 6 rings (SSSR count). The molecule has 2 N–H and O–H groups in total. The predicted molar refractivity (Wildman–Crippen MR) is 157 cm³/mol. The molecule has 1 fully saturated rings. The average molecular weight is 619 g/mol. The Hall–Kier alpha value is -4.52. The highest BCUT2D eigenvalue weighted by Gasteiger charge is 2.46. The second-order valence-corrected chi connectivity index (χ2v) is 10.7. The van der Waals surface area contributed by atoms with Gasteiger partial charge in [0.2, 0.25) is 0 Å². The fourth-order valence-corrected chi connectivity index (χ4v) is 5.93. The van der Waals surface area contributed by atoms with Crippen LogP contribution < -0.4 is 15.0 Å². The van der Waals surface area contributed by atoms with Gasteiger partial charge in [-0.15, -0.1) is 14.5 Å². The van der Waals surface area contributed by atoms with Gasteiger partial charge in [0.25, 0.3) is 5.56 Å². The summed E-state index contributed by atoms with van der Waals surface area (Å²) in [7, 11) is 0.236. The van der Waals surface area contributed by atoms with Crippen molar-refractivity contribution in [2.45, 2.75) is 30.5 Å². The van der Waals surface area contributed by atoms with Crippen molar-refractivity contribution in [3.05, 3.63) is 112 Å². The minimum atomic E-state index is -2.97. The van der Waals surface area contributed by atoms with E-state index in [-0.39, 0.29) is 24.2 Å². The Labute approximate surface area is 252 Å². The minimum Gasteiger partial charge on any atom is -0.497 e. The van der Waals surface area contributed by atoms with E-state index < -0.39 is 37.9 Å². The number of ether oxygens (including phenoxy) is 4. The minimum absolute atomic E-state index is 0.0450. The van der Waals surface area contributed by atoms with E-state index >= 15 is 0 Å². The Bertz CT molecular complexity index is 1750. The van der Waals surface area contributed by atoms with Crippen molar-refractivity contribution in [3.8, 4) is 11.5 Å². The number of nitrogens with one attached hydrogen (secondary N) is 1. The lowest BCUT2D eigenvalue weighted by Crippen LogP contribution is -2.38. The molecule has 44 heavy (non-hydrogen) atoms. The number of methoxy groups -OCH3 is 2. The molecule has 3 aromatic carbocycles. The topological polar surface area (TPSA) is 160 Å². The molecule has 1 saturated heterocycles. The lowest BCUT2D eigenvalue weighted by Gasteiger charge is -2.37. The molecule has 0 aliphatic carbocycles. The van der Waals surface area contributed by atoms with Gasteiger partial charge in [-0.05, 0) is 41.0 Å². The average Bonchev–Trinajstić information content (AvgIpc) is 3.67. The Balaban J connectivity index is 1.41. The first-order chi connectivity index (χ1) is 21.4. The second kappa shape index (κ2) is 12.6. The zero-order chi connectivity index (χ0) is 30.7. The number of nitrogens with zero attached hydrogens (tertiary/aromatic N) is 4. The molecule has 1 aliphatic heterocycles. The molecule has 0 saturated carbocycles. The number of aromatic nitrogens is 5. The number of H-pyrrole nitrogens is 1. The summed E-state index contributed by atoms with van der Waals surface area (Å²) in [6, 6.07) is 24.8. The van der Waals surface area contributed by atoms with Crippen molar-refractivity contribution in [1.29, 1.82) is 0 Å². The molecule has 13 nitrogen and oxygen atoms in total. The Kier molecular flexibility index (Phi) is 8.47. The van der Waals surface area contributed by atoms with E-state index in [1.807, 2.05) is 78.9 Å². The summed E-state index contributed by atoms with van der Waals surface area (Å²) in [5.74, 6) is 1.36. The SMILES string of the molecule is COc1ccc(C(OC[C@H]2O[C@@H](n3nnc4c(=O)[nH]cnc43)C[C@@H]2O[P+](=O)O)(c2ccccc2)c2ccc(OC)cc2)cc1. The molecule has 3 heterocycles. The van der Waals surface area contributed by atoms with Crippen LogP contribution in [-0.2, 0) is 24.2 Å². The summed E-state index contributed by atoms with van der Waals surface area (Å²) < 4.78 is 42.7. The zero-order valence-corrected chi connectivity index (χ0v) is 24.7. The van der Waals surface area contributed by atoms with Crippen molar-refractivity contribution >= 4 is 19.4 Å². The van der Waals surface area contributed by atoms with Gasteiger partial charge < -0.3 is 23.9 Å². The quantitative estimate of drug-likeness (QED) is 0.163. The van der Waals surface area contributed by atoms with E-state index in [0.717, 1.165) is 16.7 Å². The number of hydrogen-bond donors (Lipinski definition) is 2. The van der Waals surface area contributed by atoms with E-state index in [9.17, 15) is 14.3 Å². The smallest absolute Gasteiger partial charge is 0.497 e. The molecule has 5 aromatic rings. The Morgan fingerprint density at radius 3 is 2.18 bits per heavy atom. The number of rotatable bonds is 11. The number of hydrogen-bond acceptors (Lipinski definition) is 10. The summed E-state index contributed by atoms with van der Waals surface area (Å²) in [6.45, 7) is -0.0576. The second-order valence-electron chi connectivity index (χ2n) is 10.00. The van der Waals surface area contributed by atoms with Crippen molar-refractivity contribution in [1.82, 2.24) is 25.0 Å². The molecular weight excluding hydrogens is 589 g/mol. The molecule has 14 heteroatoms. The predicted octanol–water partition coefficient (Wildman–Crippen LogP) is 3.86. The van der Waals surface area contributed by atoms with E-state index in [1.54, 1.807) is 14.2 Å². The van der Waals surface area contributed by atoms with E-state index in [4.69, 9.17) is 23.5 Å². The van der Waals surface area contributed by atoms with Crippen molar-refractivity contribution < 1.29 is 32.9 Å². The fourth-order valence-electron chi connectivity index (χ4n) is 5.48. The maximum absolute atomic E-state index is 12.2. The van der Waals surface area contributed by atoms with Crippen molar-refractivity contribution in [3.63, 3.8) is 0 Å². The summed E-state index contributed by atoms with van der Waals surface area (Å²) in [6.07, 6.45) is -1.08. The van der Waals surface area contributed by atoms with Crippen LogP contribution in [0, 0.1) is 0 Å². The summed E-state index contributed by atoms with van der Waals surface area (Å²) in [4.78, 5) is 28.5. The summed E-state index contributed by atoms with van der Waals surface area (Å²) in [5.41, 5.74) is 1.10. The molecule has 2 aromatic heterocycles. The van der Waals surface area contributed by atoms with Crippen LogP contribution in [0.1, 0.15) is 29.3 Å². The number of benzene rings is 3. The van der Waals surface area contributed by atoms with E-state index in [2.05, 4.69) is 20.3 Å². The van der Waals surface area contributed by atoms with Gasteiger partial charge in [0.05, 0.1) is 27.2 Å². The molecule has 0 radical (unpaired) electrons. The van der Waals surface area contributed by atoms with Crippen LogP contribution in [0.3, 0.4) is 0 Å². The number of aromatic amines is 1.